The Morgan fingerprint density at radius 2 is 2.33 bits per heavy atom. The fourth-order valence-electron chi connectivity index (χ4n) is 1.43. The minimum atomic E-state index is -0.797. The standard InChI is InChI=1S/C10H9BrN2O2/c11-7-1-2-9-8(5-7)12-6-13(9)4-3-10(14)15/h1-2,5-6H,3-4H2,(H,14,15). The van der Waals surface area contributed by atoms with Crippen LogP contribution >= 0.6 is 15.9 Å². The lowest BCUT2D eigenvalue weighted by Crippen LogP contribution is -2.03. The lowest BCUT2D eigenvalue weighted by Gasteiger charge is -2.01. The van der Waals surface area contributed by atoms with Gasteiger partial charge in [0, 0.05) is 11.0 Å². The number of benzene rings is 1. The van der Waals surface area contributed by atoms with Gasteiger partial charge in [-0.1, -0.05) is 15.9 Å². The van der Waals surface area contributed by atoms with Crippen molar-refractivity contribution >= 4 is 32.9 Å². The Morgan fingerprint density at radius 3 is 3.07 bits per heavy atom. The van der Waals surface area contributed by atoms with Crippen LogP contribution in [-0.2, 0) is 11.3 Å². The summed E-state index contributed by atoms with van der Waals surface area (Å²) in [5.74, 6) is -0.797. The van der Waals surface area contributed by atoms with Gasteiger partial charge < -0.3 is 9.67 Å². The van der Waals surface area contributed by atoms with E-state index >= 15 is 0 Å². The molecular weight excluding hydrogens is 260 g/mol. The van der Waals surface area contributed by atoms with Gasteiger partial charge in [-0.25, -0.2) is 4.98 Å². The summed E-state index contributed by atoms with van der Waals surface area (Å²) in [7, 11) is 0. The van der Waals surface area contributed by atoms with E-state index in [2.05, 4.69) is 20.9 Å². The molecule has 1 aromatic heterocycles. The second kappa shape index (κ2) is 4.02. The minimum absolute atomic E-state index is 0.113. The van der Waals surface area contributed by atoms with Crippen molar-refractivity contribution in [2.24, 2.45) is 0 Å². The van der Waals surface area contributed by atoms with Crippen LogP contribution in [0.15, 0.2) is 29.0 Å². The molecule has 2 aromatic rings. The van der Waals surface area contributed by atoms with E-state index in [0.717, 1.165) is 15.5 Å². The molecule has 0 aliphatic rings. The maximum Gasteiger partial charge on any atom is 0.305 e. The Balaban J connectivity index is 2.32. The van der Waals surface area contributed by atoms with E-state index in [4.69, 9.17) is 5.11 Å². The summed E-state index contributed by atoms with van der Waals surface area (Å²) in [4.78, 5) is 14.6. The molecule has 0 atom stereocenters. The van der Waals surface area contributed by atoms with Crippen molar-refractivity contribution in [3.8, 4) is 0 Å². The number of fused-ring (bicyclic) bond motifs is 1. The van der Waals surface area contributed by atoms with Crippen LogP contribution in [0.1, 0.15) is 6.42 Å². The highest BCUT2D eigenvalue weighted by Gasteiger charge is 2.04. The molecule has 0 fully saturated rings. The molecule has 5 heteroatoms. The number of rotatable bonds is 3. The number of hydrogen-bond acceptors (Lipinski definition) is 2. The van der Waals surface area contributed by atoms with Crippen LogP contribution in [-0.4, -0.2) is 20.6 Å². The molecule has 1 aromatic carbocycles. The maximum atomic E-state index is 10.4. The van der Waals surface area contributed by atoms with Crippen LogP contribution in [0, 0.1) is 0 Å². The molecule has 0 radical (unpaired) electrons. The largest absolute Gasteiger partial charge is 0.481 e. The third-order valence-electron chi connectivity index (χ3n) is 2.15. The molecule has 0 spiro atoms. The predicted molar refractivity (Wildman–Crippen MR) is 59.7 cm³/mol. The number of nitrogens with zero attached hydrogens (tertiary/aromatic N) is 2. The molecule has 1 heterocycles. The second-order valence-corrected chi connectivity index (χ2v) is 4.13. The molecular formula is C10H9BrN2O2. The maximum absolute atomic E-state index is 10.4. The van der Waals surface area contributed by atoms with E-state index in [0.29, 0.717) is 6.54 Å². The highest BCUT2D eigenvalue weighted by molar-refractivity contribution is 9.10. The SMILES string of the molecule is O=C(O)CCn1cnc2cc(Br)ccc21. The van der Waals surface area contributed by atoms with Gasteiger partial charge in [-0.3, -0.25) is 4.79 Å². The summed E-state index contributed by atoms with van der Waals surface area (Å²) in [5.41, 5.74) is 1.83. The summed E-state index contributed by atoms with van der Waals surface area (Å²) in [6, 6.07) is 5.75. The van der Waals surface area contributed by atoms with Crippen molar-refractivity contribution in [3.63, 3.8) is 0 Å². The summed E-state index contributed by atoms with van der Waals surface area (Å²) < 4.78 is 2.81. The molecule has 0 bridgehead atoms. The van der Waals surface area contributed by atoms with E-state index in [1.54, 1.807) is 6.33 Å². The molecule has 0 aliphatic heterocycles. The quantitative estimate of drug-likeness (QED) is 0.929. The molecule has 0 saturated heterocycles. The van der Waals surface area contributed by atoms with Crippen LogP contribution in [0.5, 0.6) is 0 Å². The van der Waals surface area contributed by atoms with E-state index in [-0.39, 0.29) is 6.42 Å². The van der Waals surface area contributed by atoms with E-state index in [9.17, 15) is 4.79 Å². The third kappa shape index (κ3) is 2.18. The first kappa shape index (κ1) is 10.2. The van der Waals surface area contributed by atoms with Gasteiger partial charge in [0.25, 0.3) is 0 Å². The molecule has 15 heavy (non-hydrogen) atoms. The zero-order valence-corrected chi connectivity index (χ0v) is 9.44. The van der Waals surface area contributed by atoms with Crippen molar-refractivity contribution in [1.29, 1.82) is 0 Å². The fraction of sp³-hybridized carbons (Fsp3) is 0.200. The Hall–Kier alpha value is -1.36. The Kier molecular flexibility index (Phi) is 2.73. The van der Waals surface area contributed by atoms with Gasteiger partial charge in [-0.05, 0) is 18.2 Å². The van der Waals surface area contributed by atoms with Crippen molar-refractivity contribution in [2.45, 2.75) is 13.0 Å². The first-order valence-electron chi connectivity index (χ1n) is 4.49. The molecule has 0 aliphatic carbocycles. The highest BCUT2D eigenvalue weighted by Crippen LogP contribution is 2.18. The van der Waals surface area contributed by atoms with Gasteiger partial charge >= 0.3 is 5.97 Å². The number of carboxylic acids is 1. The average Bonchev–Trinajstić information content (AvgIpc) is 2.57. The zero-order valence-electron chi connectivity index (χ0n) is 7.85. The highest BCUT2D eigenvalue weighted by atomic mass is 79.9. The molecule has 0 saturated carbocycles. The van der Waals surface area contributed by atoms with Crippen LogP contribution in [0.2, 0.25) is 0 Å². The molecule has 0 amide bonds. The number of carbonyl (C=O) groups is 1. The fourth-order valence-corrected chi connectivity index (χ4v) is 1.78. The number of aromatic nitrogens is 2. The number of halogens is 1. The van der Waals surface area contributed by atoms with Gasteiger partial charge in [-0.15, -0.1) is 0 Å². The summed E-state index contributed by atoms with van der Waals surface area (Å²) in [5, 5.41) is 8.59. The monoisotopic (exact) mass is 268 g/mol. The van der Waals surface area contributed by atoms with Crippen molar-refractivity contribution in [3.05, 3.63) is 29.0 Å². The normalized spacial score (nSPS) is 10.7. The van der Waals surface area contributed by atoms with Crippen LogP contribution in [0.4, 0.5) is 0 Å². The van der Waals surface area contributed by atoms with Gasteiger partial charge in [-0.2, -0.15) is 0 Å². The van der Waals surface area contributed by atoms with Crippen LogP contribution < -0.4 is 0 Å². The molecule has 78 valence electrons. The third-order valence-corrected chi connectivity index (χ3v) is 2.64. The second-order valence-electron chi connectivity index (χ2n) is 3.21. The van der Waals surface area contributed by atoms with Gasteiger partial charge in [0.05, 0.1) is 23.8 Å². The minimum Gasteiger partial charge on any atom is -0.481 e. The van der Waals surface area contributed by atoms with E-state index < -0.39 is 5.97 Å². The number of hydrogen-bond donors (Lipinski definition) is 1. The lowest BCUT2D eigenvalue weighted by atomic mass is 10.3. The zero-order chi connectivity index (χ0) is 10.8. The molecule has 1 N–H and O–H groups in total. The Bertz CT molecular complexity index is 507. The molecule has 0 unspecified atom stereocenters. The molecule has 2 rings (SSSR count). The average molecular weight is 269 g/mol. The predicted octanol–water partition coefficient (Wildman–Crippen LogP) is 2.27. The van der Waals surface area contributed by atoms with Gasteiger partial charge in [0.15, 0.2) is 0 Å². The van der Waals surface area contributed by atoms with Gasteiger partial charge in [0.2, 0.25) is 0 Å². The number of aliphatic carboxylic acids is 1. The number of aryl methyl sites for hydroxylation is 1. The van der Waals surface area contributed by atoms with Crippen molar-refractivity contribution < 1.29 is 9.90 Å². The Morgan fingerprint density at radius 1 is 1.53 bits per heavy atom. The van der Waals surface area contributed by atoms with Gasteiger partial charge in [0.1, 0.15) is 0 Å². The first-order chi connectivity index (χ1) is 7.16. The summed E-state index contributed by atoms with van der Waals surface area (Å²) >= 11 is 3.36. The van der Waals surface area contributed by atoms with E-state index in [1.807, 2.05) is 22.8 Å². The molecule has 4 nitrogen and oxygen atoms in total. The topological polar surface area (TPSA) is 55.1 Å². The number of imidazole rings is 1. The summed E-state index contributed by atoms with van der Waals surface area (Å²) in [6.45, 7) is 0.452. The van der Waals surface area contributed by atoms with Crippen molar-refractivity contribution in [2.75, 3.05) is 0 Å². The van der Waals surface area contributed by atoms with Crippen LogP contribution in [0.25, 0.3) is 11.0 Å². The summed E-state index contributed by atoms with van der Waals surface area (Å²) in [6.07, 6.45) is 1.78. The van der Waals surface area contributed by atoms with E-state index in [1.165, 1.54) is 0 Å². The Labute approximate surface area is 94.7 Å². The smallest absolute Gasteiger partial charge is 0.305 e. The number of carboxylic acid groups (broad SMARTS) is 1. The van der Waals surface area contributed by atoms with Crippen molar-refractivity contribution in [1.82, 2.24) is 9.55 Å². The first-order valence-corrected chi connectivity index (χ1v) is 5.28. The lowest BCUT2D eigenvalue weighted by molar-refractivity contribution is -0.137. The van der Waals surface area contributed by atoms with Crippen LogP contribution in [0.3, 0.4) is 0 Å².